The van der Waals surface area contributed by atoms with Crippen LogP contribution in [0.2, 0.25) is 0 Å². The van der Waals surface area contributed by atoms with Crippen molar-refractivity contribution in [2.75, 3.05) is 6.16 Å². The van der Waals surface area contributed by atoms with Crippen molar-refractivity contribution in [2.45, 2.75) is 5.38 Å². The third kappa shape index (κ3) is 4.48. The Morgan fingerprint density at radius 2 is 2.00 bits per heavy atom. The van der Waals surface area contributed by atoms with Gasteiger partial charge in [-0.15, -0.1) is 23.8 Å². The van der Waals surface area contributed by atoms with Crippen molar-refractivity contribution in [1.29, 1.82) is 0 Å². The Kier molecular flexibility index (Phi) is 4.27. The predicted molar refractivity (Wildman–Crippen MR) is 65.4 cm³/mol. The average molecular weight is 253 g/mol. The fourth-order valence-electron chi connectivity index (χ4n) is 0.976. The van der Waals surface area contributed by atoms with Crippen molar-refractivity contribution in [3.63, 3.8) is 0 Å². The lowest BCUT2D eigenvalue weighted by atomic mass is 10.2. The zero-order chi connectivity index (χ0) is 9.90. The summed E-state index contributed by atoms with van der Waals surface area (Å²) in [5.74, 6) is 0. The monoisotopic (exact) mass is 252 g/mol. The van der Waals surface area contributed by atoms with Gasteiger partial charge >= 0.3 is 0 Å². The van der Waals surface area contributed by atoms with Gasteiger partial charge < -0.3 is 4.89 Å². The molecule has 1 aromatic rings. The zero-order valence-corrected chi connectivity index (χ0v) is 10.2. The molecule has 1 N–H and O–H groups in total. The molecule has 72 valence electrons. The van der Waals surface area contributed by atoms with Crippen LogP contribution in [0, 0.1) is 0 Å². The van der Waals surface area contributed by atoms with E-state index in [1.807, 2.05) is 30.3 Å². The molecule has 2 atom stereocenters. The fraction of sp³-hybridized carbons (Fsp3) is 0.250. The van der Waals surface area contributed by atoms with Gasteiger partial charge in [-0.25, -0.2) is 0 Å². The molecule has 5 heteroatoms. The van der Waals surface area contributed by atoms with E-state index in [0.29, 0.717) is 6.16 Å². The van der Waals surface area contributed by atoms with E-state index in [0.717, 1.165) is 5.56 Å². The van der Waals surface area contributed by atoms with E-state index in [2.05, 4.69) is 12.2 Å². The molecular formula is C8H10ClOPS2. The largest absolute Gasteiger partial charge is 0.357 e. The summed E-state index contributed by atoms with van der Waals surface area (Å²) in [4.78, 5) is 9.36. The molecule has 0 spiro atoms. The first-order valence-electron chi connectivity index (χ1n) is 3.72. The molecule has 0 saturated heterocycles. The highest BCUT2D eigenvalue weighted by atomic mass is 35.5. The van der Waals surface area contributed by atoms with Gasteiger partial charge in [0.1, 0.15) is 5.47 Å². The summed E-state index contributed by atoms with van der Waals surface area (Å²) in [5, 5.41) is -0.241. The standard InChI is InChI=1S/C8H10ClOPS2/c9-8(6-11(10,12)13)7-4-2-1-3-5-7/h1-5,8H,6H2,(H2,10,12,13). The normalized spacial score (nSPS) is 17.8. The van der Waals surface area contributed by atoms with Gasteiger partial charge in [-0.2, -0.15) is 0 Å². The summed E-state index contributed by atoms with van der Waals surface area (Å²) in [7, 11) is 0. The second-order valence-corrected chi connectivity index (χ2v) is 9.56. The highest BCUT2D eigenvalue weighted by molar-refractivity contribution is 8.61. The summed E-state index contributed by atoms with van der Waals surface area (Å²) in [5.41, 5.74) is -1.52. The predicted octanol–water partition coefficient (Wildman–Crippen LogP) is 3.20. The van der Waals surface area contributed by atoms with Gasteiger partial charge in [-0.1, -0.05) is 42.1 Å². The summed E-state index contributed by atoms with van der Waals surface area (Å²) in [6, 6.07) is 9.56. The molecule has 1 aromatic carbocycles. The number of hydrogen-bond donors (Lipinski definition) is 2. The van der Waals surface area contributed by atoms with Crippen LogP contribution in [0.5, 0.6) is 0 Å². The van der Waals surface area contributed by atoms with Crippen LogP contribution in [0.4, 0.5) is 0 Å². The lowest BCUT2D eigenvalue weighted by Crippen LogP contribution is -1.95. The molecule has 1 nitrogen and oxygen atoms in total. The lowest BCUT2D eigenvalue weighted by molar-refractivity contribution is 0.636. The molecule has 0 heterocycles. The molecule has 0 aliphatic carbocycles. The maximum atomic E-state index is 9.36. The highest BCUT2D eigenvalue weighted by Gasteiger charge is 2.15. The first-order valence-corrected chi connectivity index (χ1v) is 8.25. The van der Waals surface area contributed by atoms with Crippen molar-refractivity contribution in [1.82, 2.24) is 0 Å². The van der Waals surface area contributed by atoms with Crippen molar-refractivity contribution in [2.24, 2.45) is 0 Å². The Labute approximate surface area is 93.4 Å². The van der Waals surface area contributed by atoms with E-state index in [9.17, 15) is 4.89 Å². The minimum atomic E-state index is -2.49. The molecule has 2 unspecified atom stereocenters. The molecule has 1 rings (SSSR count). The third-order valence-corrected chi connectivity index (χ3v) is 3.96. The van der Waals surface area contributed by atoms with E-state index < -0.39 is 5.47 Å². The average Bonchev–Trinajstić information content (AvgIpc) is 2.03. The Morgan fingerprint density at radius 3 is 2.46 bits per heavy atom. The summed E-state index contributed by atoms with van der Waals surface area (Å²) in [6.07, 6.45) is 0.358. The van der Waals surface area contributed by atoms with Gasteiger partial charge in [0, 0.05) is 6.16 Å². The second-order valence-electron chi connectivity index (χ2n) is 2.73. The van der Waals surface area contributed by atoms with Crippen LogP contribution in [-0.4, -0.2) is 11.1 Å². The first kappa shape index (κ1) is 11.5. The van der Waals surface area contributed by atoms with Crippen LogP contribution in [0.3, 0.4) is 0 Å². The molecule has 13 heavy (non-hydrogen) atoms. The van der Waals surface area contributed by atoms with Gasteiger partial charge in [-0.3, -0.25) is 0 Å². The van der Waals surface area contributed by atoms with Crippen LogP contribution >= 0.6 is 29.3 Å². The molecule has 0 aliphatic rings. The van der Waals surface area contributed by atoms with E-state index in [4.69, 9.17) is 23.4 Å². The molecule has 0 aliphatic heterocycles. The number of benzene rings is 1. The number of hydrogen-bond acceptors (Lipinski definition) is 1. The van der Waals surface area contributed by atoms with Crippen LogP contribution in [-0.2, 0) is 11.8 Å². The Hall–Kier alpha value is 0.470. The molecule has 0 fully saturated rings. The van der Waals surface area contributed by atoms with Gasteiger partial charge in [0.15, 0.2) is 0 Å². The second kappa shape index (κ2) is 4.81. The number of alkyl halides is 1. The van der Waals surface area contributed by atoms with E-state index in [1.165, 1.54) is 0 Å². The topological polar surface area (TPSA) is 20.2 Å². The van der Waals surface area contributed by atoms with Gasteiger partial charge in [-0.05, 0) is 5.56 Å². The number of rotatable bonds is 3. The fourth-order valence-corrected chi connectivity index (χ4v) is 3.82. The summed E-state index contributed by atoms with van der Waals surface area (Å²) < 4.78 is 0. The van der Waals surface area contributed by atoms with Crippen LogP contribution in [0.1, 0.15) is 10.9 Å². The first-order chi connectivity index (χ1) is 5.99. The minimum absolute atomic E-state index is 0.241. The van der Waals surface area contributed by atoms with Gasteiger partial charge in [0.25, 0.3) is 0 Å². The smallest absolute Gasteiger partial charge is 0.115 e. The van der Waals surface area contributed by atoms with Crippen LogP contribution < -0.4 is 0 Å². The zero-order valence-electron chi connectivity index (χ0n) is 6.80. The lowest BCUT2D eigenvalue weighted by Gasteiger charge is -2.13. The van der Waals surface area contributed by atoms with Gasteiger partial charge in [0.05, 0.1) is 5.38 Å². The maximum absolute atomic E-state index is 9.36. The molecule has 0 amide bonds. The van der Waals surface area contributed by atoms with Crippen LogP contribution in [0.15, 0.2) is 30.3 Å². The van der Waals surface area contributed by atoms with E-state index in [1.54, 1.807) is 0 Å². The SMILES string of the molecule is OP(=S)(S)CC(Cl)c1ccccc1. The maximum Gasteiger partial charge on any atom is 0.115 e. The van der Waals surface area contributed by atoms with Gasteiger partial charge in [0.2, 0.25) is 0 Å². The van der Waals surface area contributed by atoms with Crippen molar-refractivity contribution in [3.05, 3.63) is 35.9 Å². The number of halogens is 1. The van der Waals surface area contributed by atoms with E-state index >= 15 is 0 Å². The molecule has 0 saturated carbocycles. The molecule has 0 radical (unpaired) electrons. The summed E-state index contributed by atoms with van der Waals surface area (Å²) in [6.45, 7) is 0. The summed E-state index contributed by atoms with van der Waals surface area (Å²) >= 11 is 14.8. The molecule has 0 aromatic heterocycles. The molecule has 0 bridgehead atoms. The number of thiol groups is 1. The van der Waals surface area contributed by atoms with Crippen molar-refractivity contribution >= 4 is 41.1 Å². The van der Waals surface area contributed by atoms with Crippen molar-refractivity contribution in [3.8, 4) is 0 Å². The quantitative estimate of drug-likeness (QED) is 0.490. The molecular weight excluding hydrogens is 243 g/mol. The van der Waals surface area contributed by atoms with E-state index in [-0.39, 0.29) is 5.38 Å². The Morgan fingerprint density at radius 1 is 1.46 bits per heavy atom. The third-order valence-electron chi connectivity index (χ3n) is 1.56. The van der Waals surface area contributed by atoms with Crippen LogP contribution in [0.25, 0.3) is 0 Å². The Bertz CT molecular complexity index is 311. The minimum Gasteiger partial charge on any atom is -0.357 e. The highest BCUT2D eigenvalue weighted by Crippen LogP contribution is 2.50. The Balaban J connectivity index is 2.70. The van der Waals surface area contributed by atoms with Crippen molar-refractivity contribution < 1.29 is 4.89 Å².